The molecule has 3 N–H and O–H groups in total. The zero-order chi connectivity index (χ0) is 19.7. The fourth-order valence-corrected chi connectivity index (χ4v) is 3.64. The second-order valence-electron chi connectivity index (χ2n) is 6.86. The fourth-order valence-electron chi connectivity index (χ4n) is 3.44. The summed E-state index contributed by atoms with van der Waals surface area (Å²) in [6, 6.07) is 12.6. The van der Waals surface area contributed by atoms with Crippen molar-refractivity contribution in [1.29, 1.82) is 0 Å². The number of rotatable bonds is 6. The Balaban J connectivity index is 1.70. The summed E-state index contributed by atoms with van der Waals surface area (Å²) in [5.41, 5.74) is 7.26. The number of nitrogens with two attached hydrogens (primary N) is 1. The normalized spacial score (nSPS) is 15.9. The van der Waals surface area contributed by atoms with E-state index in [1.807, 2.05) is 35.2 Å². The monoisotopic (exact) mass is 399 g/mol. The molecule has 1 aliphatic rings. The lowest BCUT2D eigenvalue weighted by Crippen LogP contribution is -2.50. The van der Waals surface area contributed by atoms with Gasteiger partial charge in [0.2, 0.25) is 0 Å². The molecule has 1 aromatic heterocycles. The standard InChI is InChI=1S/C20H19ClFN5O/c21-13-4-1-3-12(7-13)17(10-27-8-14(22)9-27)26-20-16-6-2-5-15(19(23)28)18(16)24-11-25-20/h1-7,11,14,17H,8-10H2,(H2,23,28)(H,24,25,26). The van der Waals surface area contributed by atoms with Gasteiger partial charge in [0.05, 0.1) is 17.1 Å². The third kappa shape index (κ3) is 3.76. The Morgan fingerprint density at radius 3 is 2.79 bits per heavy atom. The van der Waals surface area contributed by atoms with Gasteiger partial charge in [-0.25, -0.2) is 14.4 Å². The summed E-state index contributed by atoms with van der Waals surface area (Å²) in [6.07, 6.45) is 0.617. The molecule has 0 radical (unpaired) electrons. The first-order chi connectivity index (χ1) is 13.5. The molecule has 28 heavy (non-hydrogen) atoms. The predicted molar refractivity (Wildman–Crippen MR) is 107 cm³/mol. The number of nitrogens with one attached hydrogen (secondary N) is 1. The van der Waals surface area contributed by atoms with Crippen LogP contribution in [0.15, 0.2) is 48.8 Å². The van der Waals surface area contributed by atoms with E-state index in [0.717, 1.165) is 5.56 Å². The maximum Gasteiger partial charge on any atom is 0.250 e. The van der Waals surface area contributed by atoms with Crippen molar-refractivity contribution in [1.82, 2.24) is 14.9 Å². The molecule has 3 aromatic rings. The average molecular weight is 400 g/mol. The van der Waals surface area contributed by atoms with Gasteiger partial charge in [0.15, 0.2) is 0 Å². The van der Waals surface area contributed by atoms with Gasteiger partial charge >= 0.3 is 0 Å². The topological polar surface area (TPSA) is 84.1 Å². The van der Waals surface area contributed by atoms with E-state index in [4.69, 9.17) is 17.3 Å². The van der Waals surface area contributed by atoms with E-state index in [0.29, 0.717) is 46.9 Å². The van der Waals surface area contributed by atoms with Gasteiger partial charge in [-0.15, -0.1) is 0 Å². The molecule has 0 saturated carbocycles. The van der Waals surface area contributed by atoms with E-state index in [1.165, 1.54) is 6.33 Å². The Kier molecular flexibility index (Phi) is 5.11. The molecule has 6 nitrogen and oxygen atoms in total. The molecule has 0 bridgehead atoms. The number of primary amides is 1. The zero-order valence-electron chi connectivity index (χ0n) is 15.0. The minimum atomic E-state index is -0.780. The van der Waals surface area contributed by atoms with Gasteiger partial charge in [-0.05, 0) is 29.8 Å². The first-order valence-electron chi connectivity index (χ1n) is 8.93. The Morgan fingerprint density at radius 1 is 1.29 bits per heavy atom. The lowest BCUT2D eigenvalue weighted by molar-refractivity contribution is 0.0622. The van der Waals surface area contributed by atoms with Crippen molar-refractivity contribution >= 4 is 34.2 Å². The number of carbonyl (C=O) groups is 1. The number of nitrogens with zero attached hydrogens (tertiary/aromatic N) is 3. The van der Waals surface area contributed by atoms with Gasteiger partial charge in [-0.3, -0.25) is 9.69 Å². The average Bonchev–Trinajstić information content (AvgIpc) is 2.65. The number of halogens is 2. The molecule has 1 saturated heterocycles. The van der Waals surface area contributed by atoms with Crippen LogP contribution in [-0.2, 0) is 0 Å². The van der Waals surface area contributed by atoms with Crippen molar-refractivity contribution in [3.05, 3.63) is 64.9 Å². The minimum absolute atomic E-state index is 0.165. The van der Waals surface area contributed by atoms with Gasteiger partial charge in [-0.1, -0.05) is 29.8 Å². The van der Waals surface area contributed by atoms with Gasteiger partial charge in [0, 0.05) is 30.0 Å². The molecule has 2 aromatic carbocycles. The lowest BCUT2D eigenvalue weighted by atomic mass is 10.0. The number of alkyl halides is 1. The number of amides is 1. The number of hydrogen-bond acceptors (Lipinski definition) is 5. The second-order valence-corrected chi connectivity index (χ2v) is 7.29. The van der Waals surface area contributed by atoms with E-state index in [1.54, 1.807) is 12.1 Å². The first kappa shape index (κ1) is 18.6. The van der Waals surface area contributed by atoms with Crippen LogP contribution in [0, 0.1) is 0 Å². The van der Waals surface area contributed by atoms with E-state index in [9.17, 15) is 9.18 Å². The molecule has 1 amide bonds. The van der Waals surface area contributed by atoms with E-state index >= 15 is 0 Å². The lowest BCUT2D eigenvalue weighted by Gasteiger charge is -2.37. The molecular formula is C20H19ClFN5O. The van der Waals surface area contributed by atoms with Gasteiger partial charge in [0.1, 0.15) is 18.3 Å². The zero-order valence-corrected chi connectivity index (χ0v) is 15.7. The van der Waals surface area contributed by atoms with Gasteiger partial charge < -0.3 is 11.1 Å². The third-order valence-corrected chi connectivity index (χ3v) is 5.08. The summed E-state index contributed by atoms with van der Waals surface area (Å²) in [4.78, 5) is 22.3. The molecule has 8 heteroatoms. The van der Waals surface area contributed by atoms with Crippen LogP contribution in [-0.4, -0.2) is 46.6 Å². The van der Waals surface area contributed by atoms with E-state index in [-0.39, 0.29) is 6.04 Å². The fraction of sp³-hybridized carbons (Fsp3) is 0.250. The number of aromatic nitrogens is 2. The van der Waals surface area contributed by atoms with Crippen molar-refractivity contribution < 1.29 is 9.18 Å². The summed E-state index contributed by atoms with van der Waals surface area (Å²) in [5.74, 6) is 0.0339. The van der Waals surface area contributed by atoms with Crippen molar-refractivity contribution in [3.8, 4) is 0 Å². The Morgan fingerprint density at radius 2 is 2.07 bits per heavy atom. The second kappa shape index (κ2) is 7.69. The molecule has 1 aliphatic heterocycles. The Hall–Kier alpha value is -2.77. The number of anilines is 1. The van der Waals surface area contributed by atoms with Crippen molar-refractivity contribution in [2.24, 2.45) is 5.73 Å². The minimum Gasteiger partial charge on any atom is -0.366 e. The SMILES string of the molecule is NC(=O)c1cccc2c(NC(CN3CC(F)C3)c3cccc(Cl)c3)ncnc12. The summed E-state index contributed by atoms with van der Waals surface area (Å²) >= 11 is 6.17. The molecule has 2 heterocycles. The van der Waals surface area contributed by atoms with Crippen LogP contribution in [0.5, 0.6) is 0 Å². The highest BCUT2D eigenvalue weighted by Gasteiger charge is 2.29. The number of fused-ring (bicyclic) bond motifs is 1. The maximum absolute atomic E-state index is 13.3. The maximum atomic E-state index is 13.3. The largest absolute Gasteiger partial charge is 0.366 e. The smallest absolute Gasteiger partial charge is 0.250 e. The quantitative estimate of drug-likeness (QED) is 0.665. The summed E-state index contributed by atoms with van der Waals surface area (Å²) in [6.45, 7) is 1.42. The van der Waals surface area contributed by atoms with E-state index in [2.05, 4.69) is 15.3 Å². The molecule has 144 valence electrons. The molecule has 1 fully saturated rings. The summed E-state index contributed by atoms with van der Waals surface area (Å²) in [5, 5.41) is 4.74. The van der Waals surface area contributed by atoms with Crippen LogP contribution in [0.25, 0.3) is 10.9 Å². The molecule has 1 unspecified atom stereocenters. The number of para-hydroxylation sites is 1. The number of likely N-dealkylation sites (tertiary alicyclic amines) is 1. The van der Waals surface area contributed by atoms with Crippen LogP contribution < -0.4 is 11.1 Å². The molecule has 0 aliphatic carbocycles. The summed E-state index contributed by atoms with van der Waals surface area (Å²) < 4.78 is 13.3. The third-order valence-electron chi connectivity index (χ3n) is 4.85. The summed E-state index contributed by atoms with van der Waals surface area (Å²) in [7, 11) is 0. The Labute approximate surface area is 166 Å². The van der Waals surface area contributed by atoms with Crippen LogP contribution in [0.4, 0.5) is 10.2 Å². The van der Waals surface area contributed by atoms with Crippen molar-refractivity contribution in [2.45, 2.75) is 12.2 Å². The van der Waals surface area contributed by atoms with Gasteiger partial charge in [-0.2, -0.15) is 0 Å². The number of hydrogen-bond donors (Lipinski definition) is 2. The predicted octanol–water partition coefficient (Wildman–Crippen LogP) is 3.19. The molecular weight excluding hydrogens is 381 g/mol. The van der Waals surface area contributed by atoms with Crippen LogP contribution >= 0.6 is 11.6 Å². The van der Waals surface area contributed by atoms with Crippen molar-refractivity contribution in [3.63, 3.8) is 0 Å². The molecule has 0 spiro atoms. The van der Waals surface area contributed by atoms with Crippen molar-refractivity contribution in [2.75, 3.05) is 25.0 Å². The first-order valence-corrected chi connectivity index (χ1v) is 9.31. The van der Waals surface area contributed by atoms with Crippen LogP contribution in [0.1, 0.15) is 22.0 Å². The highest BCUT2D eigenvalue weighted by molar-refractivity contribution is 6.30. The van der Waals surface area contributed by atoms with Gasteiger partial charge in [0.25, 0.3) is 5.91 Å². The molecule has 1 atom stereocenters. The Bertz CT molecular complexity index is 1020. The highest BCUT2D eigenvalue weighted by atomic mass is 35.5. The van der Waals surface area contributed by atoms with Crippen LogP contribution in [0.3, 0.4) is 0 Å². The molecule has 4 rings (SSSR count). The number of carbonyl (C=O) groups excluding carboxylic acids is 1. The highest BCUT2D eigenvalue weighted by Crippen LogP contribution is 2.28. The number of benzene rings is 2. The van der Waals surface area contributed by atoms with E-state index < -0.39 is 12.1 Å². The van der Waals surface area contributed by atoms with Crippen LogP contribution in [0.2, 0.25) is 5.02 Å².